The summed E-state index contributed by atoms with van der Waals surface area (Å²) in [7, 11) is 0. The van der Waals surface area contributed by atoms with Crippen LogP contribution in [0.3, 0.4) is 0 Å². The number of carbonyl (C=O) groups excluding carboxylic acids is 1. The number of rotatable bonds is 16. The number of hydrogen-bond donors (Lipinski definition) is 19. The molecular weight excluding hydrogens is 1360 g/mol. The van der Waals surface area contributed by atoms with E-state index in [0.717, 1.165) is 5.57 Å². The van der Waals surface area contributed by atoms with E-state index < -0.39 is 274 Å². The lowest BCUT2D eigenvalue weighted by Crippen LogP contribution is -2.70. The fraction of sp³-hybridized carbons (Fsp3) is 0.956. The van der Waals surface area contributed by atoms with Crippen LogP contribution in [0.1, 0.15) is 114 Å². The fourth-order valence-electron chi connectivity index (χ4n) is 19.9. The molecule has 12 rings (SSSR count). The molecule has 19 N–H and O–H groups in total. The number of aliphatic hydroxyl groups excluding tert-OH is 18. The minimum Gasteiger partial charge on any atom is -0.432 e. The lowest BCUT2D eigenvalue weighted by Gasteiger charge is -2.72. The maximum absolute atomic E-state index is 15.8. The third kappa shape index (κ3) is 13.5. The van der Waals surface area contributed by atoms with Crippen LogP contribution in [-0.4, -0.2) is 345 Å². The van der Waals surface area contributed by atoms with Crippen LogP contribution in [0.4, 0.5) is 0 Å². The summed E-state index contributed by atoms with van der Waals surface area (Å²) in [5.41, 5.74) is -6.07. The number of carbonyl (C=O) groups is 1. The summed E-state index contributed by atoms with van der Waals surface area (Å²) in [6, 6.07) is 0. The van der Waals surface area contributed by atoms with Gasteiger partial charge in [0.2, 0.25) is 6.29 Å². The van der Waals surface area contributed by atoms with Gasteiger partial charge in [-0.05, 0) is 110 Å². The number of hydrogen-bond acceptors (Lipinski definition) is 34. The summed E-state index contributed by atoms with van der Waals surface area (Å²) in [5.74, 6) is -1.79. The molecule has 0 spiro atoms. The second-order valence-corrected chi connectivity index (χ2v) is 33.3. The van der Waals surface area contributed by atoms with Crippen LogP contribution < -0.4 is 0 Å². The largest absolute Gasteiger partial charge is 0.432 e. The second kappa shape index (κ2) is 29.3. The average Bonchev–Trinajstić information content (AvgIpc) is 0.703. The smallest absolute Gasteiger partial charge is 0.317 e. The summed E-state index contributed by atoms with van der Waals surface area (Å²) in [5, 5.41) is 212. The molecule has 586 valence electrons. The van der Waals surface area contributed by atoms with E-state index in [1.54, 1.807) is 0 Å². The quantitative estimate of drug-likeness (QED) is 0.0389. The molecular formula is C68H110O34. The second-order valence-electron chi connectivity index (χ2n) is 33.3. The van der Waals surface area contributed by atoms with Crippen molar-refractivity contribution in [2.24, 2.45) is 50.2 Å². The summed E-state index contributed by atoms with van der Waals surface area (Å²) in [6.45, 7) is 13.8. The Hall–Kier alpha value is -2.07. The summed E-state index contributed by atoms with van der Waals surface area (Å²) < 4.78 is 83.6. The van der Waals surface area contributed by atoms with Crippen molar-refractivity contribution in [1.82, 2.24) is 0 Å². The molecule has 0 aromatic carbocycles. The molecule has 102 heavy (non-hydrogen) atoms. The molecule has 5 aliphatic carbocycles. The third-order valence-electron chi connectivity index (χ3n) is 26.2. The van der Waals surface area contributed by atoms with Crippen molar-refractivity contribution in [2.45, 2.75) is 316 Å². The molecule has 0 amide bonds. The van der Waals surface area contributed by atoms with Crippen LogP contribution in [0.25, 0.3) is 0 Å². The molecule has 4 saturated carbocycles. The van der Waals surface area contributed by atoms with Crippen LogP contribution in [0, 0.1) is 50.2 Å². The molecule has 11 fully saturated rings. The predicted molar refractivity (Wildman–Crippen MR) is 337 cm³/mol. The van der Waals surface area contributed by atoms with Gasteiger partial charge < -0.3 is 163 Å². The highest BCUT2D eigenvalue weighted by Crippen LogP contribution is 2.76. The molecule has 34 heteroatoms. The summed E-state index contributed by atoms with van der Waals surface area (Å²) in [6.07, 6.45) is -47.1. The van der Waals surface area contributed by atoms with Crippen LogP contribution in [-0.2, 0) is 71.1 Å². The van der Waals surface area contributed by atoms with Crippen molar-refractivity contribution >= 4 is 5.97 Å². The van der Waals surface area contributed by atoms with Gasteiger partial charge in [-0.2, -0.15) is 0 Å². The zero-order valence-corrected chi connectivity index (χ0v) is 58.8. The number of esters is 1. The van der Waals surface area contributed by atoms with Gasteiger partial charge in [-0.3, -0.25) is 4.79 Å². The van der Waals surface area contributed by atoms with Crippen LogP contribution in [0.2, 0.25) is 0 Å². The van der Waals surface area contributed by atoms with Crippen LogP contribution >= 0.6 is 0 Å². The molecule has 0 aromatic heterocycles. The van der Waals surface area contributed by atoms with Gasteiger partial charge in [0.15, 0.2) is 43.8 Å². The zero-order chi connectivity index (χ0) is 74.4. The molecule has 7 saturated heterocycles. The van der Waals surface area contributed by atoms with Gasteiger partial charge in [-0.1, -0.05) is 60.1 Å². The standard InChI is InChI=1S/C68H110O34/c1-25-37(75)41(79)44(82)56(94-25)98-49-32(73)21-90-55(46(49)84)97-48-26(2)95-58(47(85)50(48)99-60-52(86)67(88,23-69)24-93-60)100-51-39(77)31(72)20-91-59(51)102-61(87)68-15-14-62(3,4)16-28(68)27-10-11-35-64(7)17-29(70)53(63(5,6)34(64)12-13-65(35,8)66(27,9)18-36(68)74)101-57-45(83)42(80)40(78)33(96-57)22-92-54-43(81)38(76)30(71)19-89-54/h10,25-26,28-60,69-86,88H,11-24H2,1-9H3/t25-,26-,28-,29-,30-,31+,32-,33+,34-,35+,36+,37-,38-,39-,40+,41+,42-,43+,44+,45+,46+,47+,48-,49-,50-,51+,52-,53-,54-,55-,56-,57-,58-,59-,60-,64-,65+,66+,67+,68+/m0/s1. The Kier molecular flexibility index (Phi) is 22.8. The van der Waals surface area contributed by atoms with Crippen LogP contribution in [0.15, 0.2) is 11.6 Å². The van der Waals surface area contributed by atoms with Gasteiger partial charge in [0, 0.05) is 0 Å². The van der Waals surface area contributed by atoms with Gasteiger partial charge in [-0.25, -0.2) is 0 Å². The van der Waals surface area contributed by atoms with Gasteiger partial charge in [0.05, 0.1) is 70.2 Å². The molecule has 7 aliphatic heterocycles. The number of fused-ring (bicyclic) bond motifs is 7. The molecule has 34 nitrogen and oxygen atoms in total. The van der Waals surface area contributed by atoms with Gasteiger partial charge in [0.25, 0.3) is 0 Å². The Morgan fingerprint density at radius 3 is 1.75 bits per heavy atom. The van der Waals surface area contributed by atoms with E-state index in [1.165, 1.54) is 13.8 Å². The molecule has 7 heterocycles. The monoisotopic (exact) mass is 1470 g/mol. The maximum atomic E-state index is 15.8. The Bertz CT molecular complexity index is 2930. The van der Waals surface area contributed by atoms with Gasteiger partial charge >= 0.3 is 5.97 Å². The topological polar surface area (TPSA) is 531 Å². The first-order valence-electron chi connectivity index (χ1n) is 35.8. The molecule has 40 atom stereocenters. The Balaban J connectivity index is 0.767. The minimum atomic E-state index is -2.25. The summed E-state index contributed by atoms with van der Waals surface area (Å²) >= 11 is 0. The van der Waals surface area contributed by atoms with E-state index in [1.807, 2.05) is 13.8 Å². The number of allylic oxidation sites excluding steroid dienone is 2. The molecule has 0 bridgehead atoms. The van der Waals surface area contributed by atoms with E-state index in [-0.39, 0.29) is 43.1 Å². The van der Waals surface area contributed by atoms with Crippen molar-refractivity contribution in [3.63, 3.8) is 0 Å². The van der Waals surface area contributed by atoms with Crippen molar-refractivity contribution in [2.75, 3.05) is 39.6 Å². The molecule has 0 aromatic rings. The molecule has 0 unspecified atom stereocenters. The van der Waals surface area contributed by atoms with Gasteiger partial charge in [0.1, 0.15) is 127 Å². The first kappa shape index (κ1) is 79.5. The highest BCUT2D eigenvalue weighted by molar-refractivity contribution is 5.80. The highest BCUT2D eigenvalue weighted by atomic mass is 16.8. The fourth-order valence-corrected chi connectivity index (χ4v) is 19.9. The number of aliphatic hydroxyl groups is 19. The normalized spacial score (nSPS) is 55.4. The van der Waals surface area contributed by atoms with Crippen molar-refractivity contribution in [1.29, 1.82) is 0 Å². The van der Waals surface area contributed by atoms with Crippen LogP contribution in [0.5, 0.6) is 0 Å². The first-order valence-corrected chi connectivity index (χ1v) is 35.8. The van der Waals surface area contributed by atoms with E-state index >= 15 is 4.79 Å². The van der Waals surface area contributed by atoms with Crippen molar-refractivity contribution in [3.05, 3.63) is 11.6 Å². The maximum Gasteiger partial charge on any atom is 0.317 e. The Morgan fingerprint density at radius 1 is 0.510 bits per heavy atom. The Morgan fingerprint density at radius 2 is 1.08 bits per heavy atom. The lowest BCUT2D eigenvalue weighted by molar-refractivity contribution is -0.387. The number of ether oxygens (including phenoxy) is 14. The molecule has 12 aliphatic rings. The predicted octanol–water partition coefficient (Wildman–Crippen LogP) is -6.01. The van der Waals surface area contributed by atoms with Gasteiger partial charge in [-0.15, -0.1) is 0 Å². The minimum absolute atomic E-state index is 0.0941. The van der Waals surface area contributed by atoms with E-state index in [9.17, 15) is 97.0 Å². The molecule has 0 radical (unpaired) electrons. The van der Waals surface area contributed by atoms with E-state index in [2.05, 4.69) is 40.7 Å². The first-order chi connectivity index (χ1) is 47.7. The third-order valence-corrected chi connectivity index (χ3v) is 26.2. The van der Waals surface area contributed by atoms with E-state index in [0.29, 0.717) is 32.1 Å². The van der Waals surface area contributed by atoms with Crippen molar-refractivity contribution in [3.8, 4) is 0 Å². The summed E-state index contributed by atoms with van der Waals surface area (Å²) in [4.78, 5) is 15.8. The SMILES string of the molecule is C[C@@H]1O[C@@H](O[C@@H]2[C@@H](O)[C@H](O[C@@H]3[C@@H](O[C@@H]4OC[C@](O)(CO)[C@H]4O)[C@@H](O)[C@H](O[C@H]4[C@H](OC(=O)[C@]56CCC(C)(C)C[C@H]5C5=CC[C@@H]7[C@@]8(C)C[C@H](O)[C@H](O[C@@H]9O[C@H](CO[C@@H]%10OC[C@H](O)[C@H](O)[C@H]%10O)[C@@H](O)[C@H](O)[C@H]9O)C(C)(C)[C@@H]8CC[C@@]7(C)[C@]5(C)C[C@H]6O)OC[C@@H](O)[C@@H]4O)O[C@H]3C)OC[C@@H]2O)[C@H](O)[C@H](O)[C@H]1O. The lowest BCUT2D eigenvalue weighted by atomic mass is 9.33. The zero-order valence-electron chi connectivity index (χ0n) is 58.8. The van der Waals surface area contributed by atoms with E-state index in [4.69, 9.17) is 66.3 Å². The average molecular weight is 1470 g/mol. The highest BCUT2D eigenvalue weighted by Gasteiger charge is 2.73. The Labute approximate surface area is 589 Å². The van der Waals surface area contributed by atoms with Crippen molar-refractivity contribution < 1.29 is 168 Å².